The van der Waals surface area contributed by atoms with E-state index in [4.69, 9.17) is 4.74 Å². The standard InChI is InChI=1S/C23H31N3O2/c1-5-16-14-26(4)11-9-17(16)13-21(26)22(28-23(27)24-3)18-8-10-25-20-7-6-15(2)12-19(18)20/h6-8,10,12,16-17,21-22H,5,9,11,13-14H2,1-4H3/p+1. The molecule has 3 aliphatic rings. The summed E-state index contributed by atoms with van der Waals surface area (Å²) in [6, 6.07) is 8.64. The molecule has 3 fully saturated rings. The molecule has 5 heteroatoms. The van der Waals surface area contributed by atoms with Crippen LogP contribution >= 0.6 is 0 Å². The molecule has 5 atom stereocenters. The Kier molecular flexibility index (Phi) is 5.04. The second kappa shape index (κ2) is 7.36. The fourth-order valence-corrected chi connectivity index (χ4v) is 5.61. The Hall–Kier alpha value is -2.14. The first-order chi connectivity index (χ1) is 13.4. The van der Waals surface area contributed by atoms with Gasteiger partial charge in [-0.1, -0.05) is 18.6 Å². The Balaban J connectivity index is 1.79. The number of carbonyl (C=O) groups is 1. The number of pyridine rings is 1. The van der Waals surface area contributed by atoms with Crippen LogP contribution in [0.5, 0.6) is 0 Å². The molecule has 1 aromatic carbocycles. The van der Waals surface area contributed by atoms with Crippen molar-refractivity contribution in [2.45, 2.75) is 45.3 Å². The van der Waals surface area contributed by atoms with E-state index in [0.717, 1.165) is 39.2 Å². The molecule has 2 bridgehead atoms. The number of ether oxygens (including phenoxy) is 1. The van der Waals surface area contributed by atoms with Crippen LogP contribution in [0, 0.1) is 18.8 Å². The van der Waals surface area contributed by atoms with E-state index in [0.29, 0.717) is 0 Å². The van der Waals surface area contributed by atoms with Crippen LogP contribution in [0.4, 0.5) is 4.79 Å². The number of carbonyl (C=O) groups excluding carboxylic acids is 1. The number of rotatable bonds is 4. The Bertz CT molecular complexity index is 883. The maximum Gasteiger partial charge on any atom is 0.407 e. The summed E-state index contributed by atoms with van der Waals surface area (Å²) >= 11 is 0. The quantitative estimate of drug-likeness (QED) is 0.806. The average molecular weight is 383 g/mol. The molecule has 3 aliphatic heterocycles. The van der Waals surface area contributed by atoms with Gasteiger partial charge in [-0.05, 0) is 37.5 Å². The number of piperidine rings is 3. The first-order valence-corrected chi connectivity index (χ1v) is 10.5. The average Bonchev–Trinajstić information content (AvgIpc) is 2.71. The molecular formula is C23H32N3O2+. The van der Waals surface area contributed by atoms with Crippen molar-refractivity contribution in [3.63, 3.8) is 0 Å². The third kappa shape index (κ3) is 3.26. The maximum absolute atomic E-state index is 12.3. The molecule has 1 aromatic heterocycles. The summed E-state index contributed by atoms with van der Waals surface area (Å²) < 4.78 is 7.06. The van der Waals surface area contributed by atoms with Gasteiger partial charge in [0.1, 0.15) is 6.04 Å². The summed E-state index contributed by atoms with van der Waals surface area (Å²) in [6.07, 6.45) is 4.87. The van der Waals surface area contributed by atoms with E-state index in [1.807, 2.05) is 12.3 Å². The molecule has 3 saturated heterocycles. The number of hydrogen-bond acceptors (Lipinski definition) is 3. The number of aryl methyl sites for hydroxylation is 1. The third-order valence-electron chi connectivity index (χ3n) is 7.22. The van der Waals surface area contributed by atoms with Crippen molar-refractivity contribution < 1.29 is 14.0 Å². The summed E-state index contributed by atoms with van der Waals surface area (Å²) in [7, 11) is 3.99. The predicted molar refractivity (Wildman–Crippen MR) is 111 cm³/mol. The van der Waals surface area contributed by atoms with Gasteiger partial charge in [0.05, 0.1) is 25.7 Å². The van der Waals surface area contributed by atoms with E-state index >= 15 is 0 Å². The van der Waals surface area contributed by atoms with E-state index in [2.05, 4.69) is 49.4 Å². The van der Waals surface area contributed by atoms with Gasteiger partial charge >= 0.3 is 6.09 Å². The third-order valence-corrected chi connectivity index (χ3v) is 7.22. The van der Waals surface area contributed by atoms with Gasteiger partial charge in [-0.2, -0.15) is 0 Å². The minimum atomic E-state index is -0.357. The van der Waals surface area contributed by atoms with E-state index < -0.39 is 0 Å². The first-order valence-electron chi connectivity index (χ1n) is 10.5. The van der Waals surface area contributed by atoms with Gasteiger partial charge in [0.2, 0.25) is 0 Å². The fourth-order valence-electron chi connectivity index (χ4n) is 5.61. The number of hydrogen-bond donors (Lipinski definition) is 1. The lowest BCUT2D eigenvalue weighted by molar-refractivity contribution is -0.957. The van der Waals surface area contributed by atoms with Gasteiger partial charge in [-0.25, -0.2) is 4.79 Å². The van der Waals surface area contributed by atoms with Gasteiger partial charge in [-0.3, -0.25) is 4.98 Å². The molecular weight excluding hydrogens is 350 g/mol. The number of fused-ring (bicyclic) bond motifs is 4. The van der Waals surface area contributed by atoms with Crippen LogP contribution < -0.4 is 5.32 Å². The van der Waals surface area contributed by atoms with Crippen LogP contribution in [0.15, 0.2) is 30.5 Å². The molecule has 2 aromatic rings. The van der Waals surface area contributed by atoms with Gasteiger partial charge in [-0.15, -0.1) is 0 Å². The molecule has 5 unspecified atom stereocenters. The van der Waals surface area contributed by atoms with Crippen molar-refractivity contribution >= 4 is 17.0 Å². The summed E-state index contributed by atoms with van der Waals surface area (Å²) in [5.41, 5.74) is 3.23. The number of likely N-dealkylation sites (N-methyl/N-ethyl adjacent to an activating group) is 1. The molecule has 1 N–H and O–H groups in total. The van der Waals surface area contributed by atoms with E-state index in [1.165, 1.54) is 31.5 Å². The number of quaternary nitrogens is 1. The highest BCUT2D eigenvalue weighted by Gasteiger charge is 2.53. The lowest BCUT2D eigenvalue weighted by Gasteiger charge is -2.56. The number of nitrogens with zero attached hydrogens (tertiary/aromatic N) is 2. The molecule has 28 heavy (non-hydrogen) atoms. The number of aromatic nitrogens is 1. The highest BCUT2D eigenvalue weighted by Crippen LogP contribution is 2.47. The Labute approximate surface area is 167 Å². The van der Waals surface area contributed by atoms with Crippen LogP contribution in [-0.2, 0) is 4.74 Å². The molecule has 1 amide bonds. The summed E-state index contributed by atoms with van der Waals surface area (Å²) in [5, 5.41) is 3.75. The zero-order valence-corrected chi connectivity index (χ0v) is 17.4. The molecule has 0 spiro atoms. The van der Waals surface area contributed by atoms with Crippen molar-refractivity contribution in [1.82, 2.24) is 10.3 Å². The Morgan fingerprint density at radius 1 is 1.39 bits per heavy atom. The van der Waals surface area contributed by atoms with Crippen LogP contribution in [0.1, 0.15) is 43.4 Å². The largest absolute Gasteiger partial charge is 0.435 e. The van der Waals surface area contributed by atoms with Crippen molar-refractivity contribution in [2.24, 2.45) is 11.8 Å². The van der Waals surface area contributed by atoms with Gasteiger partial charge in [0.15, 0.2) is 6.10 Å². The number of alkyl carbamates (subject to hydrolysis) is 1. The van der Waals surface area contributed by atoms with Crippen molar-refractivity contribution in [1.29, 1.82) is 0 Å². The van der Waals surface area contributed by atoms with Crippen LogP contribution in [0.2, 0.25) is 0 Å². The molecule has 150 valence electrons. The monoisotopic (exact) mass is 382 g/mol. The van der Waals surface area contributed by atoms with Crippen LogP contribution in [-0.4, -0.2) is 48.8 Å². The summed E-state index contributed by atoms with van der Waals surface area (Å²) in [6.45, 7) is 6.75. The summed E-state index contributed by atoms with van der Waals surface area (Å²) in [4.78, 5) is 16.9. The normalized spacial score (nSPS) is 30.2. The zero-order chi connectivity index (χ0) is 19.9. The lowest BCUT2D eigenvalue weighted by Crippen LogP contribution is -2.66. The van der Waals surface area contributed by atoms with Crippen molar-refractivity contribution in [2.75, 3.05) is 27.2 Å². The highest BCUT2D eigenvalue weighted by atomic mass is 16.6. The molecule has 4 heterocycles. The minimum absolute atomic E-state index is 0.266. The Morgan fingerprint density at radius 3 is 2.93 bits per heavy atom. The second-order valence-electron chi connectivity index (χ2n) is 8.90. The first kappa shape index (κ1) is 19.2. The predicted octanol–water partition coefficient (Wildman–Crippen LogP) is 4.21. The van der Waals surface area contributed by atoms with Gasteiger partial charge in [0, 0.05) is 43.0 Å². The zero-order valence-electron chi connectivity index (χ0n) is 17.4. The number of amides is 1. The smallest absolute Gasteiger partial charge is 0.407 e. The topological polar surface area (TPSA) is 51.2 Å². The van der Waals surface area contributed by atoms with Crippen molar-refractivity contribution in [3.8, 4) is 0 Å². The van der Waals surface area contributed by atoms with Crippen LogP contribution in [0.25, 0.3) is 10.9 Å². The van der Waals surface area contributed by atoms with E-state index in [9.17, 15) is 4.79 Å². The molecule has 5 rings (SSSR count). The van der Waals surface area contributed by atoms with Gasteiger partial charge in [0.25, 0.3) is 0 Å². The summed E-state index contributed by atoms with van der Waals surface area (Å²) in [5.74, 6) is 1.52. The Morgan fingerprint density at radius 2 is 2.21 bits per heavy atom. The minimum Gasteiger partial charge on any atom is -0.435 e. The number of benzene rings is 1. The molecule has 0 saturated carbocycles. The molecule has 0 aliphatic carbocycles. The molecule has 5 nitrogen and oxygen atoms in total. The second-order valence-corrected chi connectivity index (χ2v) is 8.90. The van der Waals surface area contributed by atoms with E-state index in [1.54, 1.807) is 7.05 Å². The lowest BCUT2D eigenvalue weighted by atomic mass is 9.71. The highest BCUT2D eigenvalue weighted by molar-refractivity contribution is 5.83. The van der Waals surface area contributed by atoms with Crippen LogP contribution in [0.3, 0.4) is 0 Å². The SMILES string of the molecule is CCC1C[N+]2(C)CCC1CC2C(OC(=O)NC)c1ccnc2ccc(C)cc12. The molecule has 0 radical (unpaired) electrons. The fraction of sp³-hybridized carbons (Fsp3) is 0.565. The number of nitrogens with one attached hydrogen (secondary N) is 1. The van der Waals surface area contributed by atoms with Gasteiger partial charge < -0.3 is 14.5 Å². The maximum atomic E-state index is 12.3. The van der Waals surface area contributed by atoms with Crippen molar-refractivity contribution in [3.05, 3.63) is 41.6 Å². The van der Waals surface area contributed by atoms with E-state index in [-0.39, 0.29) is 18.2 Å².